The molecular formula is C18H34O2Si. The van der Waals surface area contributed by atoms with Crippen LogP contribution in [0.1, 0.15) is 53.9 Å². The van der Waals surface area contributed by atoms with Gasteiger partial charge in [-0.1, -0.05) is 64.5 Å². The van der Waals surface area contributed by atoms with Crippen LogP contribution < -0.4 is 0 Å². The average molecular weight is 311 g/mol. The summed E-state index contributed by atoms with van der Waals surface area (Å²) in [5, 5.41) is 10.2. The molecule has 122 valence electrons. The Morgan fingerprint density at radius 2 is 1.90 bits per heavy atom. The summed E-state index contributed by atoms with van der Waals surface area (Å²) in [6, 6.07) is 0. The van der Waals surface area contributed by atoms with Gasteiger partial charge in [0.25, 0.3) is 0 Å². The van der Waals surface area contributed by atoms with Crippen molar-refractivity contribution in [1.29, 1.82) is 0 Å². The standard InChI is InChI=1S/C18H34O2Si/c1-8-9-10-11-14-17(19)16(2)13-12-15-20-21(6,7)18(3,4)5/h11,14,16-17,19H,8-10,15H2,1-7H3/b14-11+/t16-,17+/m1/s1. The third kappa shape index (κ3) is 8.46. The molecule has 0 aromatic heterocycles. The maximum atomic E-state index is 9.98. The van der Waals surface area contributed by atoms with Crippen molar-refractivity contribution >= 4 is 8.32 Å². The lowest BCUT2D eigenvalue weighted by Gasteiger charge is -2.35. The number of rotatable bonds is 7. The Morgan fingerprint density at radius 3 is 2.43 bits per heavy atom. The quantitative estimate of drug-likeness (QED) is 0.318. The van der Waals surface area contributed by atoms with Crippen LogP contribution in [-0.2, 0) is 4.43 Å². The van der Waals surface area contributed by atoms with E-state index in [1.54, 1.807) is 0 Å². The van der Waals surface area contributed by atoms with Gasteiger partial charge in [0, 0.05) is 5.92 Å². The van der Waals surface area contributed by atoms with Crippen molar-refractivity contribution in [1.82, 2.24) is 0 Å². The van der Waals surface area contributed by atoms with Crippen molar-refractivity contribution in [3.05, 3.63) is 12.2 Å². The smallest absolute Gasteiger partial charge is 0.193 e. The van der Waals surface area contributed by atoms with E-state index < -0.39 is 14.4 Å². The molecule has 2 atom stereocenters. The Balaban J connectivity index is 4.24. The van der Waals surface area contributed by atoms with Crippen LogP contribution in [0.25, 0.3) is 0 Å². The van der Waals surface area contributed by atoms with Crippen LogP contribution in [0, 0.1) is 17.8 Å². The van der Waals surface area contributed by atoms with Crippen molar-refractivity contribution in [3.8, 4) is 11.8 Å². The van der Waals surface area contributed by atoms with E-state index in [9.17, 15) is 5.11 Å². The molecule has 0 saturated carbocycles. The lowest BCUT2D eigenvalue weighted by atomic mass is 10.0. The molecule has 0 aliphatic heterocycles. The van der Waals surface area contributed by atoms with Crippen LogP contribution in [0.2, 0.25) is 18.1 Å². The fraction of sp³-hybridized carbons (Fsp3) is 0.778. The number of hydrogen-bond donors (Lipinski definition) is 1. The fourth-order valence-corrected chi connectivity index (χ4v) is 2.31. The molecule has 0 spiro atoms. The first-order valence-corrected chi connectivity index (χ1v) is 11.0. The van der Waals surface area contributed by atoms with Gasteiger partial charge >= 0.3 is 0 Å². The SMILES string of the molecule is CCCC/C=C/[C@H](O)[C@H](C)C#CCO[Si](C)(C)C(C)(C)C. The van der Waals surface area contributed by atoms with Crippen molar-refractivity contribution in [2.45, 2.75) is 78.1 Å². The molecule has 0 heterocycles. The Kier molecular flexibility index (Phi) is 9.20. The van der Waals surface area contributed by atoms with Crippen molar-refractivity contribution < 1.29 is 9.53 Å². The van der Waals surface area contributed by atoms with Crippen LogP contribution in [0.3, 0.4) is 0 Å². The molecule has 0 radical (unpaired) electrons. The molecule has 0 fully saturated rings. The molecule has 0 saturated heterocycles. The predicted octanol–water partition coefficient (Wildman–Crippen LogP) is 4.76. The number of allylic oxidation sites excluding steroid dienone is 1. The van der Waals surface area contributed by atoms with Crippen LogP contribution in [0.4, 0.5) is 0 Å². The van der Waals surface area contributed by atoms with Gasteiger partial charge in [-0.3, -0.25) is 0 Å². The molecule has 0 rings (SSSR count). The van der Waals surface area contributed by atoms with Gasteiger partial charge in [-0.2, -0.15) is 0 Å². The highest BCUT2D eigenvalue weighted by Crippen LogP contribution is 2.36. The van der Waals surface area contributed by atoms with Gasteiger partial charge in [0.1, 0.15) is 0 Å². The molecule has 2 nitrogen and oxygen atoms in total. The van der Waals surface area contributed by atoms with E-state index in [1.807, 2.05) is 13.0 Å². The van der Waals surface area contributed by atoms with Gasteiger partial charge in [0.05, 0.1) is 12.7 Å². The topological polar surface area (TPSA) is 29.5 Å². The molecule has 1 N–H and O–H groups in total. The van der Waals surface area contributed by atoms with E-state index in [2.05, 4.69) is 58.7 Å². The summed E-state index contributed by atoms with van der Waals surface area (Å²) in [6.45, 7) is 15.7. The summed E-state index contributed by atoms with van der Waals surface area (Å²) in [5.74, 6) is 6.11. The summed E-state index contributed by atoms with van der Waals surface area (Å²) in [6.07, 6.45) is 6.82. The zero-order valence-electron chi connectivity index (χ0n) is 15.0. The van der Waals surface area contributed by atoms with Crippen LogP contribution in [0.15, 0.2) is 12.2 Å². The molecule has 21 heavy (non-hydrogen) atoms. The fourth-order valence-electron chi connectivity index (χ4n) is 1.45. The second-order valence-corrected chi connectivity index (χ2v) is 12.0. The minimum absolute atomic E-state index is 0.0501. The monoisotopic (exact) mass is 310 g/mol. The lowest BCUT2D eigenvalue weighted by molar-refractivity contribution is 0.189. The van der Waals surface area contributed by atoms with E-state index in [-0.39, 0.29) is 11.0 Å². The highest BCUT2D eigenvalue weighted by Gasteiger charge is 2.36. The van der Waals surface area contributed by atoms with E-state index in [1.165, 1.54) is 12.8 Å². The molecule has 0 amide bonds. The second kappa shape index (κ2) is 9.45. The van der Waals surface area contributed by atoms with Gasteiger partial charge in [0.15, 0.2) is 8.32 Å². The highest BCUT2D eigenvalue weighted by atomic mass is 28.4. The molecular weight excluding hydrogens is 276 g/mol. The van der Waals surface area contributed by atoms with Gasteiger partial charge in [-0.25, -0.2) is 0 Å². The largest absolute Gasteiger partial charge is 0.406 e. The third-order valence-electron chi connectivity index (χ3n) is 4.21. The Hall–Kier alpha value is -0.563. The maximum absolute atomic E-state index is 9.98. The van der Waals surface area contributed by atoms with Gasteiger partial charge < -0.3 is 9.53 Å². The number of aliphatic hydroxyl groups is 1. The first-order chi connectivity index (χ1) is 9.62. The first-order valence-electron chi connectivity index (χ1n) is 8.09. The Morgan fingerprint density at radius 1 is 1.29 bits per heavy atom. The van der Waals surface area contributed by atoms with Crippen LogP contribution in [-0.4, -0.2) is 26.1 Å². The van der Waals surface area contributed by atoms with Crippen LogP contribution in [0.5, 0.6) is 0 Å². The van der Waals surface area contributed by atoms with Crippen molar-refractivity contribution in [3.63, 3.8) is 0 Å². The van der Waals surface area contributed by atoms with E-state index >= 15 is 0 Å². The third-order valence-corrected chi connectivity index (χ3v) is 8.69. The molecule has 0 aromatic carbocycles. The highest BCUT2D eigenvalue weighted by molar-refractivity contribution is 6.74. The summed E-state index contributed by atoms with van der Waals surface area (Å²) >= 11 is 0. The van der Waals surface area contributed by atoms with Crippen molar-refractivity contribution in [2.75, 3.05) is 6.61 Å². The summed E-state index contributed by atoms with van der Waals surface area (Å²) in [4.78, 5) is 0. The number of aliphatic hydroxyl groups excluding tert-OH is 1. The minimum atomic E-state index is -1.71. The lowest BCUT2D eigenvalue weighted by Crippen LogP contribution is -2.40. The predicted molar refractivity (Wildman–Crippen MR) is 94.8 cm³/mol. The Labute approximate surface area is 133 Å². The normalized spacial score (nSPS) is 15.6. The second-order valence-electron chi connectivity index (χ2n) is 7.22. The van der Waals surface area contributed by atoms with Gasteiger partial charge in [0.2, 0.25) is 0 Å². The minimum Gasteiger partial charge on any atom is -0.406 e. The molecule has 3 heteroatoms. The van der Waals surface area contributed by atoms with Gasteiger partial charge in [-0.15, -0.1) is 0 Å². The van der Waals surface area contributed by atoms with Crippen LogP contribution >= 0.6 is 0 Å². The number of unbranched alkanes of at least 4 members (excludes halogenated alkanes) is 2. The first kappa shape index (κ1) is 20.4. The summed E-state index contributed by atoms with van der Waals surface area (Å²) < 4.78 is 6.00. The van der Waals surface area contributed by atoms with Gasteiger partial charge in [-0.05, 0) is 31.5 Å². The maximum Gasteiger partial charge on any atom is 0.193 e. The van der Waals surface area contributed by atoms with E-state index in [0.717, 1.165) is 6.42 Å². The zero-order valence-corrected chi connectivity index (χ0v) is 16.0. The summed E-state index contributed by atoms with van der Waals surface area (Å²) in [5.41, 5.74) is 0. The molecule has 0 unspecified atom stereocenters. The zero-order chi connectivity index (χ0) is 16.5. The summed E-state index contributed by atoms with van der Waals surface area (Å²) in [7, 11) is -1.71. The molecule has 0 bridgehead atoms. The number of hydrogen-bond acceptors (Lipinski definition) is 2. The molecule has 0 aromatic rings. The Bertz CT molecular complexity index is 369. The van der Waals surface area contributed by atoms with E-state index in [0.29, 0.717) is 6.61 Å². The average Bonchev–Trinajstić information content (AvgIpc) is 2.37. The molecule has 0 aliphatic rings. The van der Waals surface area contributed by atoms with E-state index in [4.69, 9.17) is 4.43 Å². The molecule has 0 aliphatic carbocycles. The van der Waals surface area contributed by atoms with Crippen molar-refractivity contribution in [2.24, 2.45) is 5.92 Å².